The Hall–Kier alpha value is -2.87. The molecule has 3 rings (SSSR count). The van der Waals surface area contributed by atoms with Crippen molar-refractivity contribution in [2.75, 3.05) is 26.3 Å². The SMILES string of the molecule is O=c1[nH]c(=O)n(Cc2ccccc2)c(O)c1C=NN1CCOCC1. The highest BCUT2D eigenvalue weighted by atomic mass is 16.5. The zero-order valence-electron chi connectivity index (χ0n) is 13.0. The van der Waals surface area contributed by atoms with E-state index >= 15 is 0 Å². The van der Waals surface area contributed by atoms with Crippen LogP contribution in [-0.4, -0.2) is 52.2 Å². The van der Waals surface area contributed by atoms with Crippen molar-refractivity contribution in [1.29, 1.82) is 0 Å². The summed E-state index contributed by atoms with van der Waals surface area (Å²) in [7, 11) is 0. The molecule has 0 spiro atoms. The van der Waals surface area contributed by atoms with Crippen LogP contribution in [0.2, 0.25) is 0 Å². The largest absolute Gasteiger partial charge is 0.494 e. The van der Waals surface area contributed by atoms with Crippen molar-refractivity contribution in [3.05, 3.63) is 62.3 Å². The van der Waals surface area contributed by atoms with Gasteiger partial charge in [0.25, 0.3) is 5.56 Å². The fourth-order valence-electron chi connectivity index (χ4n) is 2.41. The summed E-state index contributed by atoms with van der Waals surface area (Å²) in [6.45, 7) is 2.50. The Morgan fingerprint density at radius 3 is 2.62 bits per heavy atom. The van der Waals surface area contributed by atoms with Gasteiger partial charge in [0.2, 0.25) is 5.88 Å². The van der Waals surface area contributed by atoms with Gasteiger partial charge in [-0.2, -0.15) is 5.10 Å². The number of ether oxygens (including phenoxy) is 1. The lowest BCUT2D eigenvalue weighted by molar-refractivity contribution is 0.0396. The van der Waals surface area contributed by atoms with E-state index < -0.39 is 17.1 Å². The Morgan fingerprint density at radius 1 is 1.21 bits per heavy atom. The minimum atomic E-state index is -0.668. The summed E-state index contributed by atoms with van der Waals surface area (Å²) in [6, 6.07) is 9.20. The molecule has 1 aliphatic heterocycles. The zero-order chi connectivity index (χ0) is 16.9. The van der Waals surface area contributed by atoms with Crippen molar-refractivity contribution in [2.45, 2.75) is 6.54 Å². The molecule has 0 atom stereocenters. The molecule has 126 valence electrons. The molecule has 0 amide bonds. The van der Waals surface area contributed by atoms with Gasteiger partial charge in [0.05, 0.1) is 39.1 Å². The molecule has 1 fully saturated rings. The van der Waals surface area contributed by atoms with E-state index in [-0.39, 0.29) is 12.1 Å². The number of aromatic amines is 1. The Morgan fingerprint density at radius 2 is 1.92 bits per heavy atom. The van der Waals surface area contributed by atoms with Gasteiger partial charge in [-0.3, -0.25) is 19.4 Å². The Bertz CT molecular complexity index is 835. The molecular formula is C16H18N4O4. The third-order valence-electron chi connectivity index (χ3n) is 3.73. The molecule has 1 saturated heterocycles. The monoisotopic (exact) mass is 330 g/mol. The van der Waals surface area contributed by atoms with E-state index in [1.165, 1.54) is 6.21 Å². The summed E-state index contributed by atoms with van der Waals surface area (Å²) in [5, 5.41) is 16.3. The first-order chi connectivity index (χ1) is 11.6. The van der Waals surface area contributed by atoms with Gasteiger partial charge in [0.15, 0.2) is 0 Å². The van der Waals surface area contributed by atoms with Crippen LogP contribution in [0, 0.1) is 0 Å². The number of hydrazone groups is 1. The van der Waals surface area contributed by atoms with Crippen molar-refractivity contribution in [3.63, 3.8) is 0 Å². The summed E-state index contributed by atoms with van der Waals surface area (Å²) in [5.41, 5.74) is -0.543. The van der Waals surface area contributed by atoms with E-state index in [0.717, 1.165) is 10.1 Å². The number of nitrogens with one attached hydrogen (secondary N) is 1. The maximum atomic E-state index is 12.0. The molecule has 24 heavy (non-hydrogen) atoms. The van der Waals surface area contributed by atoms with Gasteiger partial charge in [-0.1, -0.05) is 30.3 Å². The molecule has 0 unspecified atom stereocenters. The molecule has 2 aromatic rings. The predicted octanol–water partition coefficient (Wildman–Crippen LogP) is -0.0434. The van der Waals surface area contributed by atoms with Crippen molar-refractivity contribution in [1.82, 2.24) is 14.6 Å². The molecule has 2 N–H and O–H groups in total. The number of benzene rings is 1. The van der Waals surface area contributed by atoms with E-state index in [1.807, 2.05) is 30.3 Å². The fraction of sp³-hybridized carbons (Fsp3) is 0.312. The molecule has 0 bridgehead atoms. The van der Waals surface area contributed by atoms with Crippen LogP contribution in [0.25, 0.3) is 0 Å². The molecular weight excluding hydrogens is 312 g/mol. The average molecular weight is 330 g/mol. The standard InChI is InChI=1S/C16H18N4O4/c21-14-13(10-17-19-6-8-24-9-7-19)15(22)20(16(23)18-14)11-12-4-2-1-3-5-12/h1-5,10,22H,6-9,11H2,(H,18,21,23). The maximum absolute atomic E-state index is 12.0. The summed E-state index contributed by atoms with van der Waals surface area (Å²) >= 11 is 0. The van der Waals surface area contributed by atoms with E-state index in [4.69, 9.17) is 4.74 Å². The quantitative estimate of drug-likeness (QED) is 0.766. The summed E-state index contributed by atoms with van der Waals surface area (Å²) < 4.78 is 6.33. The second kappa shape index (κ2) is 7.14. The highest BCUT2D eigenvalue weighted by Gasteiger charge is 2.14. The normalized spacial score (nSPS) is 15.1. The Balaban J connectivity index is 1.92. The highest BCUT2D eigenvalue weighted by molar-refractivity contribution is 5.81. The summed E-state index contributed by atoms with van der Waals surface area (Å²) in [5.74, 6) is -0.399. The summed E-state index contributed by atoms with van der Waals surface area (Å²) in [4.78, 5) is 26.2. The van der Waals surface area contributed by atoms with Gasteiger partial charge in [-0.15, -0.1) is 0 Å². The second-order valence-corrected chi connectivity index (χ2v) is 5.38. The molecule has 1 aromatic carbocycles. The number of morpholine rings is 1. The van der Waals surface area contributed by atoms with Crippen molar-refractivity contribution >= 4 is 6.21 Å². The number of aromatic nitrogens is 2. The van der Waals surface area contributed by atoms with Crippen LogP contribution in [0.1, 0.15) is 11.1 Å². The highest BCUT2D eigenvalue weighted by Crippen LogP contribution is 2.11. The molecule has 2 heterocycles. The number of hydrogen-bond acceptors (Lipinski definition) is 6. The first-order valence-corrected chi connectivity index (χ1v) is 7.62. The van der Waals surface area contributed by atoms with Gasteiger partial charge in [-0.05, 0) is 5.56 Å². The van der Waals surface area contributed by atoms with Crippen LogP contribution in [0.4, 0.5) is 0 Å². The van der Waals surface area contributed by atoms with Gasteiger partial charge in [0.1, 0.15) is 5.56 Å². The number of hydrogen-bond donors (Lipinski definition) is 2. The number of rotatable bonds is 4. The van der Waals surface area contributed by atoms with E-state index in [1.54, 1.807) is 5.01 Å². The lowest BCUT2D eigenvalue weighted by atomic mass is 10.2. The van der Waals surface area contributed by atoms with Gasteiger partial charge in [-0.25, -0.2) is 4.79 Å². The van der Waals surface area contributed by atoms with Crippen molar-refractivity contribution in [2.24, 2.45) is 5.10 Å². The van der Waals surface area contributed by atoms with Gasteiger partial charge >= 0.3 is 5.69 Å². The third kappa shape index (κ3) is 3.54. The van der Waals surface area contributed by atoms with Crippen LogP contribution in [0.15, 0.2) is 45.0 Å². The van der Waals surface area contributed by atoms with Crippen molar-refractivity contribution in [3.8, 4) is 5.88 Å². The second-order valence-electron chi connectivity index (χ2n) is 5.38. The Kier molecular flexibility index (Phi) is 4.76. The summed E-state index contributed by atoms with van der Waals surface area (Å²) in [6.07, 6.45) is 1.28. The van der Waals surface area contributed by atoms with Crippen LogP contribution < -0.4 is 11.2 Å². The molecule has 8 heteroatoms. The molecule has 1 aromatic heterocycles. The topological polar surface area (TPSA) is 99.9 Å². The van der Waals surface area contributed by atoms with Gasteiger partial charge in [0, 0.05) is 0 Å². The van der Waals surface area contributed by atoms with E-state index in [0.29, 0.717) is 26.3 Å². The fourth-order valence-corrected chi connectivity index (χ4v) is 2.41. The average Bonchev–Trinajstić information content (AvgIpc) is 2.60. The molecule has 0 saturated carbocycles. The zero-order valence-corrected chi connectivity index (χ0v) is 13.0. The predicted molar refractivity (Wildman–Crippen MR) is 88.5 cm³/mol. The Labute approximate surface area is 137 Å². The third-order valence-corrected chi connectivity index (χ3v) is 3.73. The lowest BCUT2D eigenvalue weighted by Gasteiger charge is -2.23. The van der Waals surface area contributed by atoms with Crippen LogP contribution in [-0.2, 0) is 11.3 Å². The number of nitrogens with zero attached hydrogens (tertiary/aromatic N) is 3. The molecule has 0 aliphatic carbocycles. The van der Waals surface area contributed by atoms with Crippen LogP contribution in [0.3, 0.4) is 0 Å². The van der Waals surface area contributed by atoms with E-state index in [2.05, 4.69) is 10.1 Å². The minimum Gasteiger partial charge on any atom is -0.494 e. The number of aromatic hydroxyl groups is 1. The van der Waals surface area contributed by atoms with E-state index in [9.17, 15) is 14.7 Å². The first kappa shape index (κ1) is 16.0. The minimum absolute atomic E-state index is 0.0444. The molecule has 8 nitrogen and oxygen atoms in total. The first-order valence-electron chi connectivity index (χ1n) is 7.62. The molecule has 1 aliphatic rings. The lowest BCUT2D eigenvalue weighted by Crippen LogP contribution is -2.34. The van der Waals surface area contributed by atoms with Crippen LogP contribution >= 0.6 is 0 Å². The van der Waals surface area contributed by atoms with Gasteiger partial charge < -0.3 is 9.84 Å². The van der Waals surface area contributed by atoms with Crippen LogP contribution in [0.5, 0.6) is 5.88 Å². The number of H-pyrrole nitrogens is 1. The van der Waals surface area contributed by atoms with Crippen molar-refractivity contribution < 1.29 is 9.84 Å². The molecule has 0 radical (unpaired) electrons. The smallest absolute Gasteiger partial charge is 0.331 e. The maximum Gasteiger partial charge on any atom is 0.331 e.